The van der Waals surface area contributed by atoms with Crippen LogP contribution in [0.15, 0.2) is 30.5 Å². The van der Waals surface area contributed by atoms with Gasteiger partial charge in [0.25, 0.3) is 0 Å². The largest absolute Gasteiger partial charge is 0.450 e. The number of amides is 1. The Hall–Kier alpha value is -3.40. The first kappa shape index (κ1) is 22.1. The summed E-state index contributed by atoms with van der Waals surface area (Å²) in [6.07, 6.45) is 5.95. The number of carbonyl (C=O) groups is 1. The van der Waals surface area contributed by atoms with E-state index in [1.165, 1.54) is 0 Å². The third kappa shape index (κ3) is 4.16. The maximum absolute atomic E-state index is 12.1. The standard InChI is InChI=1S/C25H31N7O3/c1-2-34-25(33)30-11-9-18(10-12-30)32-24-21(13-27-32)23(31-14-19-7-8-20(15-31)35-19)28-22(29-24)16-3-5-17(26)6-4-16/h3-6,13,18-20H,2,7-12,14-15,26H2,1H3. The Kier molecular flexibility index (Phi) is 5.68. The van der Waals surface area contributed by atoms with E-state index in [2.05, 4.69) is 4.90 Å². The van der Waals surface area contributed by atoms with E-state index in [0.29, 0.717) is 31.2 Å². The number of rotatable bonds is 4. The number of carbonyl (C=O) groups excluding carboxylic acids is 1. The molecule has 3 aliphatic heterocycles. The predicted octanol–water partition coefficient (Wildman–Crippen LogP) is 3.24. The Labute approximate surface area is 204 Å². The fourth-order valence-corrected chi connectivity index (χ4v) is 5.48. The molecule has 35 heavy (non-hydrogen) atoms. The molecule has 3 saturated heterocycles. The normalized spacial score (nSPS) is 22.7. The number of hydrogen-bond donors (Lipinski definition) is 1. The number of nitrogens with two attached hydrogens (primary N) is 1. The van der Waals surface area contributed by atoms with Crippen LogP contribution >= 0.6 is 0 Å². The number of piperidine rings is 1. The zero-order valence-corrected chi connectivity index (χ0v) is 20.0. The van der Waals surface area contributed by atoms with Gasteiger partial charge in [-0.1, -0.05) is 0 Å². The minimum absolute atomic E-state index is 0.154. The number of hydrogen-bond acceptors (Lipinski definition) is 8. The van der Waals surface area contributed by atoms with E-state index in [4.69, 9.17) is 30.3 Å². The summed E-state index contributed by atoms with van der Waals surface area (Å²) in [6, 6.07) is 7.82. The van der Waals surface area contributed by atoms with Crippen molar-refractivity contribution in [2.75, 3.05) is 43.4 Å². The van der Waals surface area contributed by atoms with E-state index >= 15 is 0 Å². The van der Waals surface area contributed by atoms with E-state index in [1.807, 2.05) is 42.1 Å². The second-order valence-electron chi connectivity index (χ2n) is 9.60. The molecular weight excluding hydrogens is 446 g/mol. The zero-order valence-electron chi connectivity index (χ0n) is 20.0. The van der Waals surface area contributed by atoms with Crippen molar-refractivity contribution in [1.82, 2.24) is 24.6 Å². The number of morpholine rings is 1. The van der Waals surface area contributed by atoms with E-state index in [-0.39, 0.29) is 24.3 Å². The lowest BCUT2D eigenvalue weighted by Gasteiger charge is -2.33. The number of nitrogens with zero attached hydrogens (tertiary/aromatic N) is 6. The first-order valence-corrected chi connectivity index (χ1v) is 12.5. The van der Waals surface area contributed by atoms with Crippen molar-refractivity contribution in [1.29, 1.82) is 0 Å². The molecule has 0 spiro atoms. The molecule has 3 aliphatic rings. The van der Waals surface area contributed by atoms with E-state index in [1.54, 1.807) is 4.90 Å². The number of ether oxygens (including phenoxy) is 2. The van der Waals surface area contributed by atoms with E-state index < -0.39 is 0 Å². The number of fused-ring (bicyclic) bond motifs is 3. The summed E-state index contributed by atoms with van der Waals surface area (Å²) in [7, 11) is 0. The van der Waals surface area contributed by atoms with Gasteiger partial charge < -0.3 is 25.0 Å². The highest BCUT2D eigenvalue weighted by atomic mass is 16.6. The Morgan fingerprint density at radius 2 is 1.80 bits per heavy atom. The lowest BCUT2D eigenvalue weighted by atomic mass is 10.1. The molecule has 0 aliphatic carbocycles. The average molecular weight is 478 g/mol. The average Bonchev–Trinajstić information content (AvgIpc) is 3.46. The molecule has 184 valence electrons. The van der Waals surface area contributed by atoms with Gasteiger partial charge >= 0.3 is 6.09 Å². The van der Waals surface area contributed by atoms with Crippen LogP contribution in [0, 0.1) is 0 Å². The molecule has 3 fully saturated rings. The van der Waals surface area contributed by atoms with Crippen molar-refractivity contribution in [3.05, 3.63) is 30.5 Å². The number of nitrogen functional groups attached to an aromatic ring is 1. The zero-order chi connectivity index (χ0) is 23.9. The van der Waals surface area contributed by atoms with Crippen molar-refractivity contribution >= 4 is 28.6 Å². The molecule has 10 heteroatoms. The molecular formula is C25H31N7O3. The highest BCUT2D eigenvalue weighted by Gasteiger charge is 2.36. The highest BCUT2D eigenvalue weighted by Crippen LogP contribution is 2.35. The van der Waals surface area contributed by atoms with Gasteiger partial charge in [0.2, 0.25) is 0 Å². The Morgan fingerprint density at radius 1 is 1.09 bits per heavy atom. The molecule has 0 radical (unpaired) electrons. The summed E-state index contributed by atoms with van der Waals surface area (Å²) < 4.78 is 13.3. The number of aromatic nitrogens is 4. The smallest absolute Gasteiger partial charge is 0.409 e. The Balaban J connectivity index is 1.37. The summed E-state index contributed by atoms with van der Waals surface area (Å²) in [5, 5.41) is 5.74. The van der Waals surface area contributed by atoms with Crippen LogP contribution < -0.4 is 10.6 Å². The molecule has 2 bridgehead atoms. The minimum atomic E-state index is -0.242. The van der Waals surface area contributed by atoms with Crippen LogP contribution in [0.4, 0.5) is 16.3 Å². The maximum atomic E-state index is 12.1. The molecule has 0 saturated carbocycles. The fraction of sp³-hybridized carbons (Fsp3) is 0.520. The van der Waals surface area contributed by atoms with Crippen molar-refractivity contribution < 1.29 is 14.3 Å². The first-order valence-electron chi connectivity index (χ1n) is 12.5. The van der Waals surface area contributed by atoms with Gasteiger partial charge in [0.05, 0.1) is 36.4 Å². The molecule has 6 rings (SSSR count). The highest BCUT2D eigenvalue weighted by molar-refractivity contribution is 5.89. The van der Waals surface area contributed by atoms with Gasteiger partial charge in [-0.05, 0) is 56.9 Å². The molecule has 10 nitrogen and oxygen atoms in total. The van der Waals surface area contributed by atoms with E-state index in [9.17, 15) is 4.79 Å². The van der Waals surface area contributed by atoms with Crippen molar-refractivity contribution in [3.63, 3.8) is 0 Å². The lowest BCUT2D eigenvalue weighted by Crippen LogP contribution is -2.43. The third-order valence-corrected chi connectivity index (χ3v) is 7.28. The number of benzene rings is 1. The van der Waals surface area contributed by atoms with Crippen LogP contribution in [0.3, 0.4) is 0 Å². The Morgan fingerprint density at radius 3 is 2.49 bits per heavy atom. The van der Waals surface area contributed by atoms with Gasteiger partial charge in [0.1, 0.15) is 5.82 Å². The molecule has 2 atom stereocenters. The number of anilines is 2. The van der Waals surface area contributed by atoms with Gasteiger partial charge in [-0.15, -0.1) is 0 Å². The van der Waals surface area contributed by atoms with Crippen molar-refractivity contribution in [3.8, 4) is 11.4 Å². The Bertz CT molecular complexity index is 1210. The summed E-state index contributed by atoms with van der Waals surface area (Å²) in [5.41, 5.74) is 8.38. The maximum Gasteiger partial charge on any atom is 0.409 e. The molecule has 2 unspecified atom stereocenters. The van der Waals surface area contributed by atoms with Crippen LogP contribution in [-0.2, 0) is 9.47 Å². The summed E-state index contributed by atoms with van der Waals surface area (Å²) in [4.78, 5) is 26.3. The molecule has 1 aromatic carbocycles. The lowest BCUT2D eigenvalue weighted by molar-refractivity contribution is 0.0303. The second-order valence-corrected chi connectivity index (χ2v) is 9.60. The quantitative estimate of drug-likeness (QED) is 0.570. The first-order chi connectivity index (χ1) is 17.1. The van der Waals surface area contributed by atoms with Gasteiger partial charge in [-0.25, -0.2) is 19.4 Å². The van der Waals surface area contributed by atoms with Crippen molar-refractivity contribution in [2.24, 2.45) is 0 Å². The van der Waals surface area contributed by atoms with Gasteiger partial charge in [-0.2, -0.15) is 5.10 Å². The molecule has 1 amide bonds. The fourth-order valence-electron chi connectivity index (χ4n) is 5.48. The van der Waals surface area contributed by atoms with E-state index in [0.717, 1.165) is 61.2 Å². The molecule has 2 N–H and O–H groups in total. The topological polar surface area (TPSA) is 112 Å². The third-order valence-electron chi connectivity index (χ3n) is 7.28. The van der Waals surface area contributed by atoms with Crippen LogP contribution in [0.25, 0.3) is 22.4 Å². The second kappa shape index (κ2) is 8.99. The van der Waals surface area contributed by atoms with Crippen LogP contribution in [-0.4, -0.2) is 75.7 Å². The predicted molar refractivity (Wildman–Crippen MR) is 132 cm³/mol. The van der Waals surface area contributed by atoms with Gasteiger partial charge in [-0.3, -0.25) is 0 Å². The summed E-state index contributed by atoms with van der Waals surface area (Å²) >= 11 is 0. The summed E-state index contributed by atoms with van der Waals surface area (Å²) in [5.74, 6) is 1.58. The monoisotopic (exact) mass is 477 g/mol. The van der Waals surface area contributed by atoms with Crippen LogP contribution in [0.1, 0.15) is 38.6 Å². The molecule has 3 aromatic rings. The molecule has 2 aromatic heterocycles. The van der Waals surface area contributed by atoms with Crippen LogP contribution in [0.5, 0.6) is 0 Å². The SMILES string of the molecule is CCOC(=O)N1CCC(n2ncc3c(N4CC5CCC(C4)O5)nc(-c4ccc(N)cc4)nc32)CC1. The summed E-state index contributed by atoms with van der Waals surface area (Å²) in [6.45, 7) is 5.15. The number of likely N-dealkylation sites (tertiary alicyclic amines) is 1. The molecule has 5 heterocycles. The van der Waals surface area contributed by atoms with Gasteiger partial charge in [0.15, 0.2) is 11.5 Å². The van der Waals surface area contributed by atoms with Gasteiger partial charge in [0, 0.05) is 37.4 Å². The van der Waals surface area contributed by atoms with Crippen LogP contribution in [0.2, 0.25) is 0 Å². The van der Waals surface area contributed by atoms with Crippen molar-refractivity contribution in [2.45, 2.75) is 50.9 Å². The minimum Gasteiger partial charge on any atom is -0.450 e.